The largest absolute Gasteiger partial charge is 0.333 e. The van der Waals surface area contributed by atoms with Crippen molar-refractivity contribution in [2.24, 2.45) is 0 Å². The second-order valence-electron chi connectivity index (χ2n) is 6.62. The molecule has 3 aromatic carbocycles. The first-order valence-electron chi connectivity index (χ1n) is 9.12. The minimum Gasteiger partial charge on any atom is -0.333 e. The van der Waals surface area contributed by atoms with Gasteiger partial charge in [0.2, 0.25) is 5.82 Å². The molecule has 2 N–H and O–H groups in total. The van der Waals surface area contributed by atoms with Crippen molar-refractivity contribution in [1.82, 2.24) is 10.1 Å². The van der Waals surface area contributed by atoms with Crippen molar-refractivity contribution < 1.29 is 9.84 Å². The Morgan fingerprint density at radius 2 is 1.44 bits per heavy atom. The van der Waals surface area contributed by atoms with E-state index in [4.69, 9.17) is 4.52 Å². The number of rotatable bonds is 6. The summed E-state index contributed by atoms with van der Waals surface area (Å²) in [6, 6.07) is 29.3. The van der Waals surface area contributed by atoms with E-state index in [1.807, 2.05) is 36.4 Å². The maximum absolute atomic E-state index is 5.47. The molecule has 0 spiro atoms. The van der Waals surface area contributed by atoms with Crippen molar-refractivity contribution >= 4 is 0 Å². The lowest BCUT2D eigenvalue weighted by Gasteiger charge is -2.16. The third-order valence-electron chi connectivity index (χ3n) is 4.62. The zero-order chi connectivity index (χ0) is 18.5. The SMILES string of the molecule is Cc1ccc([C@@H]([NH2+]Cc2nc(-c3ccccc3)no2)c2ccccc2)cc1. The second-order valence-corrected chi connectivity index (χ2v) is 6.62. The normalized spacial score (nSPS) is 12.0. The van der Waals surface area contributed by atoms with Crippen molar-refractivity contribution in [2.45, 2.75) is 19.5 Å². The Morgan fingerprint density at radius 3 is 2.15 bits per heavy atom. The fourth-order valence-electron chi connectivity index (χ4n) is 3.16. The van der Waals surface area contributed by atoms with E-state index in [0.717, 1.165) is 5.56 Å². The smallest absolute Gasteiger partial charge is 0.282 e. The number of hydrogen-bond acceptors (Lipinski definition) is 3. The standard InChI is InChI=1S/C23H21N3O/c1-17-12-14-19(15-13-17)22(18-8-4-2-5-9-18)24-16-21-25-23(26-27-21)20-10-6-3-7-11-20/h2-15,22,24H,16H2,1H3/p+1/t22-/m0/s1. The number of nitrogens with zero attached hydrogens (tertiary/aromatic N) is 2. The van der Waals surface area contributed by atoms with Gasteiger partial charge in [0.1, 0.15) is 6.04 Å². The molecule has 4 nitrogen and oxygen atoms in total. The molecule has 4 aromatic rings. The molecule has 0 aliphatic carbocycles. The summed E-state index contributed by atoms with van der Waals surface area (Å²) >= 11 is 0. The summed E-state index contributed by atoms with van der Waals surface area (Å²) in [6.45, 7) is 2.72. The van der Waals surface area contributed by atoms with Crippen molar-refractivity contribution in [3.8, 4) is 11.4 Å². The fraction of sp³-hybridized carbons (Fsp3) is 0.130. The van der Waals surface area contributed by atoms with Gasteiger partial charge >= 0.3 is 0 Å². The highest BCUT2D eigenvalue weighted by atomic mass is 16.5. The molecule has 4 heteroatoms. The van der Waals surface area contributed by atoms with E-state index in [2.05, 4.69) is 70.9 Å². The molecule has 4 rings (SSSR count). The number of aryl methyl sites for hydroxylation is 1. The highest BCUT2D eigenvalue weighted by molar-refractivity contribution is 5.53. The fourth-order valence-corrected chi connectivity index (χ4v) is 3.16. The predicted molar refractivity (Wildman–Crippen MR) is 105 cm³/mol. The maximum atomic E-state index is 5.47. The van der Waals surface area contributed by atoms with Gasteiger partial charge in [0.25, 0.3) is 5.89 Å². The summed E-state index contributed by atoms with van der Waals surface area (Å²) in [6.07, 6.45) is 0. The zero-order valence-electron chi connectivity index (χ0n) is 15.2. The molecule has 0 fully saturated rings. The van der Waals surface area contributed by atoms with Gasteiger partial charge < -0.3 is 9.84 Å². The first-order valence-corrected chi connectivity index (χ1v) is 9.12. The molecule has 1 heterocycles. The first kappa shape index (κ1) is 17.2. The van der Waals surface area contributed by atoms with Crippen LogP contribution in [-0.4, -0.2) is 10.1 Å². The van der Waals surface area contributed by atoms with Gasteiger partial charge in [-0.05, 0) is 6.92 Å². The molecule has 0 unspecified atom stereocenters. The lowest BCUT2D eigenvalue weighted by molar-refractivity contribution is -0.704. The van der Waals surface area contributed by atoms with Crippen molar-refractivity contribution in [3.63, 3.8) is 0 Å². The summed E-state index contributed by atoms with van der Waals surface area (Å²) in [4.78, 5) is 4.54. The van der Waals surface area contributed by atoms with Gasteiger partial charge in [0.05, 0.1) is 0 Å². The Balaban J connectivity index is 1.54. The Kier molecular flexibility index (Phi) is 5.08. The lowest BCUT2D eigenvalue weighted by Crippen LogP contribution is -2.84. The zero-order valence-corrected chi connectivity index (χ0v) is 15.2. The number of aromatic nitrogens is 2. The minimum atomic E-state index is 0.180. The van der Waals surface area contributed by atoms with Crippen LogP contribution in [0.5, 0.6) is 0 Å². The van der Waals surface area contributed by atoms with Gasteiger partial charge in [-0.1, -0.05) is 95.6 Å². The molecule has 1 aromatic heterocycles. The van der Waals surface area contributed by atoms with E-state index in [1.165, 1.54) is 16.7 Å². The molecule has 0 saturated heterocycles. The molecular weight excluding hydrogens is 334 g/mol. The first-order chi connectivity index (χ1) is 13.3. The van der Waals surface area contributed by atoms with E-state index in [-0.39, 0.29) is 6.04 Å². The molecule has 0 bridgehead atoms. The van der Waals surface area contributed by atoms with Gasteiger partial charge in [-0.3, -0.25) is 0 Å². The van der Waals surface area contributed by atoms with Crippen molar-refractivity contribution in [3.05, 3.63) is 108 Å². The maximum Gasteiger partial charge on any atom is 0.282 e. The summed E-state index contributed by atoms with van der Waals surface area (Å²) in [7, 11) is 0. The topological polar surface area (TPSA) is 55.5 Å². The molecule has 134 valence electrons. The summed E-state index contributed by atoms with van der Waals surface area (Å²) in [5.41, 5.74) is 4.74. The van der Waals surface area contributed by atoms with Crippen LogP contribution >= 0.6 is 0 Å². The molecule has 1 atom stereocenters. The predicted octanol–water partition coefficient (Wildman–Crippen LogP) is 3.90. The molecule has 27 heavy (non-hydrogen) atoms. The quantitative estimate of drug-likeness (QED) is 0.570. The lowest BCUT2D eigenvalue weighted by atomic mass is 9.98. The second kappa shape index (κ2) is 7.98. The van der Waals surface area contributed by atoms with E-state index in [1.54, 1.807) is 0 Å². The Morgan fingerprint density at radius 1 is 0.815 bits per heavy atom. The van der Waals surface area contributed by atoms with Gasteiger partial charge in [-0.25, -0.2) is 0 Å². The molecule has 0 aliphatic rings. The molecule has 0 radical (unpaired) electrons. The number of nitrogens with two attached hydrogens (primary N) is 1. The summed E-state index contributed by atoms with van der Waals surface area (Å²) in [5, 5.41) is 6.35. The van der Waals surface area contributed by atoms with Gasteiger partial charge in [-0.2, -0.15) is 4.98 Å². The molecule has 0 aliphatic heterocycles. The van der Waals surface area contributed by atoms with Crippen molar-refractivity contribution in [1.29, 1.82) is 0 Å². The number of hydrogen-bond donors (Lipinski definition) is 1. The van der Waals surface area contributed by atoms with Crippen LogP contribution in [-0.2, 0) is 6.54 Å². The summed E-state index contributed by atoms with van der Waals surface area (Å²) in [5.74, 6) is 1.26. The third kappa shape index (κ3) is 4.13. The Bertz CT molecular complexity index is 979. The molecule has 0 saturated carbocycles. The van der Waals surface area contributed by atoms with E-state index < -0.39 is 0 Å². The van der Waals surface area contributed by atoms with Gasteiger partial charge in [0.15, 0.2) is 6.54 Å². The monoisotopic (exact) mass is 356 g/mol. The third-order valence-corrected chi connectivity index (χ3v) is 4.62. The van der Waals surface area contributed by atoms with Crippen LogP contribution in [0.3, 0.4) is 0 Å². The summed E-state index contributed by atoms with van der Waals surface area (Å²) < 4.78 is 5.47. The van der Waals surface area contributed by atoms with Crippen LogP contribution in [0.25, 0.3) is 11.4 Å². The van der Waals surface area contributed by atoms with Crippen LogP contribution in [0.1, 0.15) is 28.6 Å². The number of quaternary nitrogens is 1. The van der Waals surface area contributed by atoms with Crippen LogP contribution in [0.15, 0.2) is 89.5 Å². The average molecular weight is 356 g/mol. The van der Waals surface area contributed by atoms with Crippen LogP contribution < -0.4 is 5.32 Å². The van der Waals surface area contributed by atoms with Crippen molar-refractivity contribution in [2.75, 3.05) is 0 Å². The van der Waals surface area contributed by atoms with E-state index in [9.17, 15) is 0 Å². The van der Waals surface area contributed by atoms with E-state index in [0.29, 0.717) is 18.3 Å². The number of benzene rings is 3. The van der Waals surface area contributed by atoms with E-state index >= 15 is 0 Å². The molecular formula is C23H22N3O+. The highest BCUT2D eigenvalue weighted by Gasteiger charge is 2.19. The van der Waals surface area contributed by atoms with Crippen LogP contribution in [0.2, 0.25) is 0 Å². The highest BCUT2D eigenvalue weighted by Crippen LogP contribution is 2.19. The van der Waals surface area contributed by atoms with Crippen LogP contribution in [0.4, 0.5) is 0 Å². The Labute approximate surface area is 158 Å². The minimum absolute atomic E-state index is 0.180. The van der Waals surface area contributed by atoms with Gasteiger partial charge in [0, 0.05) is 16.7 Å². The Hall–Kier alpha value is -3.24. The van der Waals surface area contributed by atoms with Gasteiger partial charge in [-0.15, -0.1) is 0 Å². The average Bonchev–Trinajstić information content (AvgIpc) is 3.20. The van der Waals surface area contributed by atoms with Crippen LogP contribution in [0, 0.1) is 6.92 Å². The molecule has 0 amide bonds.